The van der Waals surface area contributed by atoms with Gasteiger partial charge in [-0.05, 0) is 36.3 Å². The molecule has 0 fully saturated rings. The number of hydrogen-bond donors (Lipinski definition) is 0. The topological polar surface area (TPSA) is 21.1 Å². The lowest BCUT2D eigenvalue weighted by Crippen LogP contribution is -2.27. The van der Waals surface area contributed by atoms with Crippen molar-refractivity contribution in [2.24, 2.45) is 0 Å². The lowest BCUT2D eigenvalue weighted by Gasteiger charge is -2.23. The molecule has 0 spiro atoms. The molecule has 0 radical (unpaired) electrons. The van der Waals surface area contributed by atoms with E-state index in [0.29, 0.717) is 0 Å². The number of fused-ring (bicyclic) bond motifs is 1. The van der Waals surface area contributed by atoms with Crippen molar-refractivity contribution in [1.82, 2.24) is 14.7 Å². The van der Waals surface area contributed by atoms with Gasteiger partial charge in [0.1, 0.15) is 4.60 Å². The molecule has 1 aliphatic rings. The molecule has 0 aromatic carbocycles. The van der Waals surface area contributed by atoms with Crippen molar-refractivity contribution in [3.05, 3.63) is 15.9 Å². The molecule has 1 aliphatic heterocycles. The van der Waals surface area contributed by atoms with Crippen molar-refractivity contribution in [3.8, 4) is 0 Å². The summed E-state index contributed by atoms with van der Waals surface area (Å²) in [5.41, 5.74) is 2.78. The fraction of sp³-hybridized carbons (Fsp3) is 0.667. The van der Waals surface area contributed by atoms with E-state index in [-0.39, 0.29) is 0 Å². The van der Waals surface area contributed by atoms with Crippen LogP contribution in [0.5, 0.6) is 0 Å². The lowest BCUT2D eigenvalue weighted by molar-refractivity contribution is 0.300. The molecule has 2 rings (SSSR count). The number of halogens is 1. The van der Waals surface area contributed by atoms with Crippen LogP contribution in [0.2, 0.25) is 0 Å². The molecule has 13 heavy (non-hydrogen) atoms. The minimum absolute atomic E-state index is 0.960. The summed E-state index contributed by atoms with van der Waals surface area (Å²) in [5, 5.41) is 4.45. The molecule has 0 bridgehead atoms. The highest BCUT2D eigenvalue weighted by atomic mass is 79.9. The van der Waals surface area contributed by atoms with E-state index in [4.69, 9.17) is 0 Å². The van der Waals surface area contributed by atoms with E-state index in [2.05, 4.69) is 44.6 Å². The zero-order valence-electron chi connectivity index (χ0n) is 8.05. The molecule has 1 aromatic rings. The highest BCUT2D eigenvalue weighted by Gasteiger charge is 2.20. The first-order chi connectivity index (χ1) is 6.22. The van der Waals surface area contributed by atoms with Gasteiger partial charge in [0.15, 0.2) is 0 Å². The van der Waals surface area contributed by atoms with Gasteiger partial charge < -0.3 is 4.90 Å². The molecule has 3 nitrogen and oxygen atoms in total. The average molecular weight is 244 g/mol. The van der Waals surface area contributed by atoms with Crippen molar-refractivity contribution >= 4 is 15.9 Å². The third-order valence-electron chi connectivity index (χ3n) is 2.58. The Hall–Kier alpha value is -0.350. The van der Waals surface area contributed by atoms with Crippen LogP contribution in [0.4, 0.5) is 0 Å². The fourth-order valence-corrected chi connectivity index (χ4v) is 2.44. The molecule has 0 N–H and O–H groups in total. The molecule has 0 aliphatic carbocycles. The Kier molecular flexibility index (Phi) is 2.43. The summed E-state index contributed by atoms with van der Waals surface area (Å²) in [4.78, 5) is 2.34. The Morgan fingerprint density at radius 3 is 3.00 bits per heavy atom. The summed E-state index contributed by atoms with van der Waals surface area (Å²) >= 11 is 3.51. The summed E-state index contributed by atoms with van der Waals surface area (Å²) in [6.07, 6.45) is 1.12. The maximum atomic E-state index is 4.45. The molecule has 0 amide bonds. The van der Waals surface area contributed by atoms with Crippen LogP contribution in [0.25, 0.3) is 0 Å². The molecule has 0 saturated heterocycles. The molecule has 4 heteroatoms. The molecule has 0 saturated carbocycles. The highest BCUT2D eigenvalue weighted by molar-refractivity contribution is 9.10. The number of rotatable bonds is 1. The van der Waals surface area contributed by atoms with Crippen LogP contribution >= 0.6 is 15.9 Å². The van der Waals surface area contributed by atoms with Gasteiger partial charge in [0.05, 0.1) is 5.69 Å². The van der Waals surface area contributed by atoms with E-state index in [1.165, 1.54) is 11.3 Å². The van der Waals surface area contributed by atoms with Crippen molar-refractivity contribution in [3.63, 3.8) is 0 Å². The second-order valence-electron chi connectivity index (χ2n) is 3.52. The second-order valence-corrected chi connectivity index (χ2v) is 4.27. The van der Waals surface area contributed by atoms with Gasteiger partial charge >= 0.3 is 0 Å². The Morgan fingerprint density at radius 1 is 1.54 bits per heavy atom. The zero-order valence-corrected chi connectivity index (χ0v) is 9.63. The zero-order chi connectivity index (χ0) is 9.42. The summed E-state index contributed by atoms with van der Waals surface area (Å²) in [6.45, 7) is 5.26. The van der Waals surface area contributed by atoms with Crippen LogP contribution in [-0.4, -0.2) is 28.3 Å². The number of aryl methyl sites for hydroxylation is 1. The first-order valence-electron chi connectivity index (χ1n) is 4.65. The van der Waals surface area contributed by atoms with Gasteiger partial charge in [-0.3, -0.25) is 4.68 Å². The quantitative estimate of drug-likeness (QED) is 0.749. The Morgan fingerprint density at radius 2 is 2.31 bits per heavy atom. The van der Waals surface area contributed by atoms with Gasteiger partial charge in [0.2, 0.25) is 0 Å². The maximum Gasteiger partial charge on any atom is 0.131 e. The Labute approximate surface area is 86.8 Å². The van der Waals surface area contributed by atoms with Crippen molar-refractivity contribution < 1.29 is 0 Å². The first kappa shape index (κ1) is 9.21. The van der Waals surface area contributed by atoms with Gasteiger partial charge in [0.25, 0.3) is 0 Å². The number of nitrogens with zero attached hydrogens (tertiary/aromatic N) is 3. The van der Waals surface area contributed by atoms with Crippen LogP contribution in [0, 0.1) is 0 Å². The minimum Gasteiger partial charge on any atom is -0.300 e. The van der Waals surface area contributed by atoms with Crippen molar-refractivity contribution in [2.45, 2.75) is 26.4 Å². The second kappa shape index (κ2) is 3.42. The van der Waals surface area contributed by atoms with E-state index < -0.39 is 0 Å². The van der Waals surface area contributed by atoms with Gasteiger partial charge in [-0.15, -0.1) is 0 Å². The molecular weight excluding hydrogens is 230 g/mol. The summed E-state index contributed by atoms with van der Waals surface area (Å²) in [6, 6.07) is 0. The fourth-order valence-electron chi connectivity index (χ4n) is 1.82. The first-order valence-corrected chi connectivity index (χ1v) is 5.44. The molecular formula is C9H14BrN3. The van der Waals surface area contributed by atoms with Crippen LogP contribution < -0.4 is 0 Å². The predicted octanol–water partition coefficient (Wildman–Crippen LogP) is 1.65. The average Bonchev–Trinajstić information content (AvgIpc) is 2.42. The van der Waals surface area contributed by atoms with E-state index in [9.17, 15) is 0 Å². The molecule has 0 unspecified atom stereocenters. The van der Waals surface area contributed by atoms with Crippen LogP contribution in [0.1, 0.15) is 18.2 Å². The SMILES string of the molecule is CCn1nc(Br)c2c1CN(C)CC2. The van der Waals surface area contributed by atoms with Crippen molar-refractivity contribution in [2.75, 3.05) is 13.6 Å². The monoisotopic (exact) mass is 243 g/mol. The Bertz CT molecular complexity index is 319. The lowest BCUT2D eigenvalue weighted by atomic mass is 10.1. The highest BCUT2D eigenvalue weighted by Crippen LogP contribution is 2.25. The largest absolute Gasteiger partial charge is 0.300 e. The van der Waals surface area contributed by atoms with Crippen LogP contribution in [0.15, 0.2) is 4.60 Å². The number of likely N-dealkylation sites (N-methyl/N-ethyl adjacent to an activating group) is 1. The van der Waals surface area contributed by atoms with E-state index >= 15 is 0 Å². The minimum atomic E-state index is 0.960. The standard InChI is InChI=1S/C9H14BrN3/c1-3-13-8-6-12(2)5-4-7(8)9(10)11-13/h3-6H2,1-2H3. The molecule has 2 heterocycles. The molecule has 72 valence electrons. The summed E-state index contributed by atoms with van der Waals surface area (Å²) in [5.74, 6) is 0. The normalized spacial score (nSPS) is 17.5. The van der Waals surface area contributed by atoms with Gasteiger partial charge in [-0.1, -0.05) is 0 Å². The maximum absolute atomic E-state index is 4.45. The van der Waals surface area contributed by atoms with Gasteiger partial charge in [-0.25, -0.2) is 0 Å². The predicted molar refractivity (Wildman–Crippen MR) is 55.6 cm³/mol. The van der Waals surface area contributed by atoms with Gasteiger partial charge in [0, 0.05) is 25.2 Å². The van der Waals surface area contributed by atoms with E-state index in [1.54, 1.807) is 0 Å². The van der Waals surface area contributed by atoms with E-state index in [1.807, 2.05) is 0 Å². The van der Waals surface area contributed by atoms with Crippen LogP contribution in [-0.2, 0) is 19.5 Å². The summed E-state index contributed by atoms with van der Waals surface area (Å²) < 4.78 is 3.13. The Balaban J connectivity index is 2.43. The summed E-state index contributed by atoms with van der Waals surface area (Å²) in [7, 11) is 2.16. The van der Waals surface area contributed by atoms with Gasteiger partial charge in [-0.2, -0.15) is 5.10 Å². The number of hydrogen-bond acceptors (Lipinski definition) is 2. The smallest absolute Gasteiger partial charge is 0.131 e. The molecule has 1 aromatic heterocycles. The third kappa shape index (κ3) is 1.53. The van der Waals surface area contributed by atoms with Crippen molar-refractivity contribution in [1.29, 1.82) is 0 Å². The third-order valence-corrected chi connectivity index (χ3v) is 3.22. The molecule has 0 atom stereocenters. The number of aromatic nitrogens is 2. The van der Waals surface area contributed by atoms with E-state index in [0.717, 1.165) is 30.7 Å². The van der Waals surface area contributed by atoms with Crippen LogP contribution in [0.3, 0.4) is 0 Å².